The second-order valence-corrected chi connectivity index (χ2v) is 4.92. The number of hydrogen-bond acceptors (Lipinski definition) is 3. The maximum Gasteiger partial charge on any atom is 0.283 e. The van der Waals surface area contributed by atoms with Gasteiger partial charge < -0.3 is 4.90 Å². The fourth-order valence-corrected chi connectivity index (χ4v) is 1.93. The van der Waals surface area contributed by atoms with Gasteiger partial charge in [0.15, 0.2) is 0 Å². The van der Waals surface area contributed by atoms with E-state index in [9.17, 15) is 14.9 Å². The number of benzene rings is 1. The molecule has 0 heterocycles. The van der Waals surface area contributed by atoms with Gasteiger partial charge in [0.25, 0.3) is 11.6 Å². The second kappa shape index (κ2) is 6.15. The number of halogens is 2. The van der Waals surface area contributed by atoms with E-state index in [4.69, 9.17) is 11.6 Å². The molecule has 1 aromatic carbocycles. The first-order valence-electron chi connectivity index (χ1n) is 5.15. The molecule has 0 spiro atoms. The van der Waals surface area contributed by atoms with Gasteiger partial charge in [-0.25, -0.2) is 0 Å². The van der Waals surface area contributed by atoms with Crippen molar-refractivity contribution in [3.8, 4) is 0 Å². The van der Waals surface area contributed by atoms with Crippen LogP contribution in [0.2, 0.25) is 5.02 Å². The molecule has 7 heteroatoms. The molecule has 0 aromatic heterocycles. The third-order valence-corrected chi connectivity index (χ3v) is 3.76. The first-order valence-corrected chi connectivity index (χ1v) is 6.65. The van der Waals surface area contributed by atoms with Crippen molar-refractivity contribution in [2.45, 2.75) is 13.0 Å². The van der Waals surface area contributed by atoms with E-state index < -0.39 is 10.8 Å². The maximum atomic E-state index is 12.1. The summed E-state index contributed by atoms with van der Waals surface area (Å²) in [4.78, 5) is 23.9. The molecule has 98 valence electrons. The zero-order chi connectivity index (χ0) is 13.9. The Labute approximate surface area is 118 Å². The molecule has 1 unspecified atom stereocenters. The van der Waals surface area contributed by atoms with Gasteiger partial charge in [-0.3, -0.25) is 14.9 Å². The lowest BCUT2D eigenvalue weighted by Gasteiger charge is -2.23. The van der Waals surface area contributed by atoms with Crippen LogP contribution >= 0.6 is 27.5 Å². The predicted octanol–water partition coefficient (Wildman–Crippen LogP) is 3.10. The fraction of sp³-hybridized carbons (Fsp3) is 0.364. The average Bonchev–Trinajstić information content (AvgIpc) is 2.35. The van der Waals surface area contributed by atoms with Crippen molar-refractivity contribution in [3.63, 3.8) is 0 Å². The first-order chi connectivity index (χ1) is 8.38. The van der Waals surface area contributed by atoms with Crippen molar-refractivity contribution in [2.24, 2.45) is 0 Å². The Bertz CT molecular complexity index is 481. The van der Waals surface area contributed by atoms with Crippen LogP contribution in [-0.2, 0) is 0 Å². The van der Waals surface area contributed by atoms with E-state index in [0.717, 1.165) is 0 Å². The molecule has 18 heavy (non-hydrogen) atoms. The van der Waals surface area contributed by atoms with Gasteiger partial charge in [0.1, 0.15) is 5.56 Å². The molecule has 0 aliphatic rings. The van der Waals surface area contributed by atoms with Gasteiger partial charge in [0.2, 0.25) is 0 Å². The highest BCUT2D eigenvalue weighted by molar-refractivity contribution is 9.09. The van der Waals surface area contributed by atoms with Crippen LogP contribution in [0.1, 0.15) is 17.3 Å². The Morgan fingerprint density at radius 1 is 1.61 bits per heavy atom. The zero-order valence-electron chi connectivity index (χ0n) is 9.89. The molecule has 1 atom stereocenters. The third-order valence-electron chi connectivity index (χ3n) is 2.59. The third kappa shape index (κ3) is 3.20. The molecule has 0 fully saturated rings. The molecular weight excluding hydrogens is 323 g/mol. The summed E-state index contributed by atoms with van der Waals surface area (Å²) in [6.45, 7) is 1.84. The van der Waals surface area contributed by atoms with Crippen molar-refractivity contribution < 1.29 is 9.72 Å². The van der Waals surface area contributed by atoms with Crippen LogP contribution < -0.4 is 0 Å². The lowest BCUT2D eigenvalue weighted by Crippen LogP contribution is -2.36. The van der Waals surface area contributed by atoms with Crippen LogP contribution in [0.3, 0.4) is 0 Å². The monoisotopic (exact) mass is 334 g/mol. The lowest BCUT2D eigenvalue weighted by atomic mass is 10.1. The Morgan fingerprint density at radius 2 is 2.22 bits per heavy atom. The maximum absolute atomic E-state index is 12.1. The summed E-state index contributed by atoms with van der Waals surface area (Å²) in [5, 5.41) is 11.7. The number of carbonyl (C=O) groups is 1. The first kappa shape index (κ1) is 14.9. The molecular formula is C11H12BrClN2O3. The van der Waals surface area contributed by atoms with Gasteiger partial charge in [0.05, 0.1) is 4.92 Å². The summed E-state index contributed by atoms with van der Waals surface area (Å²) < 4.78 is 0. The number of nitro groups is 1. The molecule has 1 rings (SSSR count). The Hall–Kier alpha value is -1.14. The van der Waals surface area contributed by atoms with E-state index in [1.54, 1.807) is 7.05 Å². The van der Waals surface area contributed by atoms with E-state index in [0.29, 0.717) is 5.33 Å². The summed E-state index contributed by atoms with van der Waals surface area (Å²) in [5.74, 6) is -0.398. The number of alkyl halides is 1. The van der Waals surface area contributed by atoms with E-state index >= 15 is 0 Å². The van der Waals surface area contributed by atoms with Gasteiger partial charge >= 0.3 is 0 Å². The minimum Gasteiger partial charge on any atom is -0.338 e. The van der Waals surface area contributed by atoms with Crippen molar-refractivity contribution in [1.29, 1.82) is 0 Å². The molecule has 1 aromatic rings. The fourth-order valence-electron chi connectivity index (χ4n) is 1.33. The van der Waals surface area contributed by atoms with Crippen molar-refractivity contribution in [1.82, 2.24) is 4.90 Å². The normalized spacial score (nSPS) is 12.0. The zero-order valence-corrected chi connectivity index (χ0v) is 12.2. The number of nitrogens with zero attached hydrogens (tertiary/aromatic N) is 2. The summed E-state index contributed by atoms with van der Waals surface area (Å²) in [5.41, 5.74) is -0.235. The van der Waals surface area contributed by atoms with Crippen LogP contribution in [0.5, 0.6) is 0 Å². The average molecular weight is 336 g/mol. The molecule has 0 radical (unpaired) electrons. The van der Waals surface area contributed by atoms with E-state index in [-0.39, 0.29) is 22.3 Å². The minimum atomic E-state index is -0.605. The highest BCUT2D eigenvalue weighted by atomic mass is 79.9. The standard InChI is InChI=1S/C11H12BrClN2O3/c1-7(6-12)14(2)11(16)9-4-3-8(13)5-10(9)15(17)18/h3-5,7H,6H2,1-2H3. The van der Waals surface area contributed by atoms with Gasteiger partial charge in [-0.2, -0.15) is 0 Å². The summed E-state index contributed by atoms with van der Waals surface area (Å²) in [6, 6.07) is 3.96. The minimum absolute atomic E-state index is 0.0414. The van der Waals surface area contributed by atoms with Gasteiger partial charge in [-0.1, -0.05) is 27.5 Å². The number of rotatable bonds is 4. The Balaban J connectivity index is 3.17. The van der Waals surface area contributed by atoms with Gasteiger partial charge in [-0.05, 0) is 19.1 Å². The van der Waals surface area contributed by atoms with Gasteiger partial charge in [0, 0.05) is 29.5 Å². The number of nitro benzene ring substituents is 1. The molecule has 1 amide bonds. The highest BCUT2D eigenvalue weighted by Crippen LogP contribution is 2.24. The lowest BCUT2D eigenvalue weighted by molar-refractivity contribution is -0.385. The Kier molecular flexibility index (Phi) is 5.10. The van der Waals surface area contributed by atoms with E-state index in [1.807, 2.05) is 6.92 Å². The SMILES string of the molecule is CC(CBr)N(C)C(=O)c1ccc(Cl)cc1[N+](=O)[O-]. The topological polar surface area (TPSA) is 63.5 Å². The second-order valence-electron chi connectivity index (χ2n) is 3.84. The summed E-state index contributed by atoms with van der Waals surface area (Å²) >= 11 is 8.96. The smallest absolute Gasteiger partial charge is 0.283 e. The highest BCUT2D eigenvalue weighted by Gasteiger charge is 2.25. The molecule has 0 aliphatic carbocycles. The quantitative estimate of drug-likeness (QED) is 0.482. The number of hydrogen-bond donors (Lipinski definition) is 0. The molecule has 0 saturated carbocycles. The van der Waals surface area contributed by atoms with Crippen LogP contribution in [-0.4, -0.2) is 34.2 Å². The van der Waals surface area contributed by atoms with E-state index in [2.05, 4.69) is 15.9 Å². The predicted molar refractivity (Wildman–Crippen MR) is 73.5 cm³/mol. The summed E-state index contributed by atoms with van der Waals surface area (Å²) in [6.07, 6.45) is 0. The van der Waals surface area contributed by atoms with E-state index in [1.165, 1.54) is 23.1 Å². The van der Waals surface area contributed by atoms with Crippen molar-refractivity contribution in [2.75, 3.05) is 12.4 Å². The molecule has 0 saturated heterocycles. The summed E-state index contributed by atoms with van der Waals surface area (Å²) in [7, 11) is 1.60. The van der Waals surface area contributed by atoms with Crippen LogP contribution in [0, 0.1) is 10.1 Å². The number of carbonyl (C=O) groups excluding carboxylic acids is 1. The molecule has 0 bridgehead atoms. The molecule has 0 aliphatic heterocycles. The molecule has 0 N–H and O–H groups in total. The molecule has 5 nitrogen and oxygen atoms in total. The van der Waals surface area contributed by atoms with Crippen LogP contribution in [0.25, 0.3) is 0 Å². The van der Waals surface area contributed by atoms with Crippen LogP contribution in [0.4, 0.5) is 5.69 Å². The largest absolute Gasteiger partial charge is 0.338 e. The van der Waals surface area contributed by atoms with Crippen molar-refractivity contribution >= 4 is 39.1 Å². The Morgan fingerprint density at radius 3 is 2.72 bits per heavy atom. The van der Waals surface area contributed by atoms with Gasteiger partial charge in [-0.15, -0.1) is 0 Å². The number of amides is 1. The van der Waals surface area contributed by atoms with Crippen molar-refractivity contribution in [3.05, 3.63) is 38.9 Å². The van der Waals surface area contributed by atoms with Crippen LogP contribution in [0.15, 0.2) is 18.2 Å².